The van der Waals surface area contributed by atoms with Crippen LogP contribution < -0.4 is 10.1 Å². The summed E-state index contributed by atoms with van der Waals surface area (Å²) in [6.45, 7) is -0.343. The Balaban J connectivity index is 1.84. The number of nitrogens with one attached hydrogen (secondary N) is 1. The number of carboxylic acids is 1. The number of carbonyl (C=O) groups is 1. The molecule has 0 amide bonds. The Hall–Kier alpha value is -2.61. The fourth-order valence-corrected chi connectivity index (χ4v) is 3.33. The van der Waals surface area contributed by atoms with Gasteiger partial charge in [-0.25, -0.2) is 4.39 Å². The van der Waals surface area contributed by atoms with E-state index >= 15 is 0 Å². The van der Waals surface area contributed by atoms with Crippen molar-refractivity contribution in [3.05, 3.63) is 59.9 Å². The van der Waals surface area contributed by atoms with E-state index in [0.717, 1.165) is 0 Å². The predicted molar refractivity (Wildman–Crippen MR) is 89.0 cm³/mol. The number of carboxylic acid groups (broad SMARTS) is 1. The standard InChI is InChI=1S/C19H17F4NO3/c20-15-3-1-2-4-16(15)27-14-7-5-12(6-8-14)18(10-17(25)26)9-13(11-24-18)19(21,22)23/h1-8,13,24H,9-11H2,(H,25,26)/t13-,18+/m0/s1. The Labute approximate surface area is 152 Å². The van der Waals surface area contributed by atoms with Gasteiger partial charge in [0.05, 0.1) is 17.9 Å². The molecule has 1 aliphatic heterocycles. The number of halogens is 4. The smallest absolute Gasteiger partial charge is 0.393 e. The zero-order valence-corrected chi connectivity index (χ0v) is 14.1. The Bertz CT molecular complexity index is 822. The molecule has 1 heterocycles. The average Bonchev–Trinajstić information content (AvgIpc) is 3.02. The van der Waals surface area contributed by atoms with Gasteiger partial charge in [-0.2, -0.15) is 13.2 Å². The van der Waals surface area contributed by atoms with Crippen LogP contribution in [-0.4, -0.2) is 23.8 Å². The van der Waals surface area contributed by atoms with E-state index < -0.39 is 35.8 Å². The van der Waals surface area contributed by atoms with Crippen LogP contribution in [-0.2, 0) is 10.3 Å². The van der Waals surface area contributed by atoms with Crippen LogP contribution in [0.25, 0.3) is 0 Å². The van der Waals surface area contributed by atoms with Crippen LogP contribution in [0, 0.1) is 11.7 Å². The van der Waals surface area contributed by atoms with Crippen molar-refractivity contribution in [3.8, 4) is 11.5 Å². The van der Waals surface area contributed by atoms with Crippen molar-refractivity contribution in [1.82, 2.24) is 5.32 Å². The Morgan fingerprint density at radius 2 is 1.85 bits per heavy atom. The second-order valence-corrected chi connectivity index (χ2v) is 6.53. The maximum Gasteiger partial charge on any atom is 0.393 e. The third kappa shape index (κ3) is 4.21. The average molecular weight is 383 g/mol. The Morgan fingerprint density at radius 1 is 1.19 bits per heavy atom. The van der Waals surface area contributed by atoms with Crippen LogP contribution in [0.2, 0.25) is 0 Å². The highest BCUT2D eigenvalue weighted by Gasteiger charge is 2.51. The summed E-state index contributed by atoms with van der Waals surface area (Å²) in [6, 6.07) is 11.8. The molecule has 1 saturated heterocycles. The minimum atomic E-state index is -4.40. The Kier molecular flexibility index (Phi) is 5.10. The van der Waals surface area contributed by atoms with Crippen LogP contribution in [0.3, 0.4) is 0 Å². The third-order valence-corrected chi connectivity index (χ3v) is 4.67. The minimum Gasteiger partial charge on any atom is -0.481 e. The van der Waals surface area contributed by atoms with Crippen molar-refractivity contribution in [2.45, 2.75) is 24.6 Å². The van der Waals surface area contributed by atoms with Gasteiger partial charge in [0.2, 0.25) is 0 Å². The third-order valence-electron chi connectivity index (χ3n) is 4.67. The largest absolute Gasteiger partial charge is 0.481 e. The summed E-state index contributed by atoms with van der Waals surface area (Å²) in [6.07, 6.45) is -5.25. The molecule has 3 rings (SSSR count). The fourth-order valence-electron chi connectivity index (χ4n) is 3.33. The van der Waals surface area contributed by atoms with Crippen molar-refractivity contribution in [2.75, 3.05) is 6.54 Å². The molecule has 1 aliphatic rings. The van der Waals surface area contributed by atoms with Gasteiger partial charge in [0, 0.05) is 6.54 Å². The first-order chi connectivity index (χ1) is 12.7. The van der Waals surface area contributed by atoms with Gasteiger partial charge in [-0.05, 0) is 36.2 Å². The molecule has 0 radical (unpaired) electrons. The molecule has 27 heavy (non-hydrogen) atoms. The first-order valence-corrected chi connectivity index (χ1v) is 8.26. The number of ether oxygens (including phenoxy) is 1. The second kappa shape index (κ2) is 7.19. The summed E-state index contributed by atoms with van der Waals surface area (Å²) in [7, 11) is 0. The first kappa shape index (κ1) is 19.2. The van der Waals surface area contributed by atoms with E-state index in [-0.39, 0.29) is 18.7 Å². The molecule has 0 saturated carbocycles. The van der Waals surface area contributed by atoms with E-state index in [1.54, 1.807) is 6.07 Å². The number of alkyl halides is 3. The Morgan fingerprint density at radius 3 is 2.41 bits per heavy atom. The lowest BCUT2D eigenvalue weighted by molar-refractivity contribution is -0.170. The van der Waals surface area contributed by atoms with Crippen LogP contribution in [0.5, 0.6) is 11.5 Å². The molecule has 144 valence electrons. The molecule has 1 fully saturated rings. The van der Waals surface area contributed by atoms with Crippen molar-refractivity contribution in [1.29, 1.82) is 0 Å². The minimum absolute atomic E-state index is 0.0154. The molecule has 8 heteroatoms. The number of aliphatic carboxylic acids is 1. The van der Waals surface area contributed by atoms with E-state index in [2.05, 4.69) is 5.32 Å². The molecule has 2 N–H and O–H groups in total. The molecule has 0 bridgehead atoms. The summed E-state index contributed by atoms with van der Waals surface area (Å²) in [5, 5.41) is 11.9. The van der Waals surface area contributed by atoms with Crippen LogP contribution >= 0.6 is 0 Å². The second-order valence-electron chi connectivity index (χ2n) is 6.53. The number of hydrogen-bond acceptors (Lipinski definition) is 3. The molecule has 4 nitrogen and oxygen atoms in total. The highest BCUT2D eigenvalue weighted by molar-refractivity contribution is 5.69. The fraction of sp³-hybridized carbons (Fsp3) is 0.316. The van der Waals surface area contributed by atoms with Gasteiger partial charge in [-0.15, -0.1) is 0 Å². The lowest BCUT2D eigenvalue weighted by Crippen LogP contribution is -2.38. The molecule has 0 aliphatic carbocycles. The van der Waals surface area contributed by atoms with Gasteiger partial charge in [-0.3, -0.25) is 4.79 Å². The van der Waals surface area contributed by atoms with Crippen molar-refractivity contribution in [2.24, 2.45) is 5.92 Å². The zero-order valence-electron chi connectivity index (χ0n) is 14.1. The summed E-state index contributed by atoms with van der Waals surface area (Å²) in [5.41, 5.74) is -0.903. The van der Waals surface area contributed by atoms with Crippen LogP contribution in [0.4, 0.5) is 17.6 Å². The van der Waals surface area contributed by atoms with Crippen LogP contribution in [0.1, 0.15) is 18.4 Å². The summed E-state index contributed by atoms with van der Waals surface area (Å²) in [4.78, 5) is 11.2. The van der Waals surface area contributed by atoms with E-state index in [4.69, 9.17) is 4.74 Å². The quantitative estimate of drug-likeness (QED) is 0.749. The first-order valence-electron chi connectivity index (χ1n) is 8.26. The van der Waals surface area contributed by atoms with E-state index in [1.165, 1.54) is 42.5 Å². The lowest BCUT2D eigenvalue weighted by Gasteiger charge is -2.29. The molecule has 0 aromatic heterocycles. The zero-order chi connectivity index (χ0) is 19.7. The van der Waals surface area contributed by atoms with Gasteiger partial charge in [-0.1, -0.05) is 24.3 Å². The van der Waals surface area contributed by atoms with Crippen molar-refractivity contribution >= 4 is 5.97 Å². The molecular weight excluding hydrogens is 366 g/mol. The van der Waals surface area contributed by atoms with Gasteiger partial charge < -0.3 is 15.2 Å². The SMILES string of the molecule is O=C(O)C[C@@]1(c2ccc(Oc3ccccc3F)cc2)C[C@H](C(F)(F)F)CN1. The van der Waals surface area contributed by atoms with Gasteiger partial charge >= 0.3 is 12.1 Å². The topological polar surface area (TPSA) is 58.6 Å². The summed E-state index contributed by atoms with van der Waals surface area (Å²) >= 11 is 0. The summed E-state index contributed by atoms with van der Waals surface area (Å²) in [5.74, 6) is -3.06. The van der Waals surface area contributed by atoms with Gasteiger partial charge in [0.25, 0.3) is 0 Å². The number of rotatable bonds is 5. The molecule has 2 aromatic rings. The van der Waals surface area contributed by atoms with Gasteiger partial charge in [0.1, 0.15) is 5.75 Å². The van der Waals surface area contributed by atoms with E-state index in [0.29, 0.717) is 11.3 Å². The normalized spacial score (nSPS) is 22.6. The molecular formula is C19H17F4NO3. The van der Waals surface area contributed by atoms with Crippen molar-refractivity contribution in [3.63, 3.8) is 0 Å². The number of para-hydroxylation sites is 1. The lowest BCUT2D eigenvalue weighted by atomic mass is 9.82. The maximum absolute atomic E-state index is 13.7. The predicted octanol–water partition coefficient (Wildman–Crippen LogP) is 4.46. The van der Waals surface area contributed by atoms with Crippen LogP contribution in [0.15, 0.2) is 48.5 Å². The monoisotopic (exact) mass is 383 g/mol. The highest BCUT2D eigenvalue weighted by Crippen LogP contribution is 2.43. The molecule has 2 atom stereocenters. The van der Waals surface area contributed by atoms with Crippen molar-refractivity contribution < 1.29 is 32.2 Å². The number of benzene rings is 2. The van der Waals surface area contributed by atoms with E-state index in [1.807, 2.05) is 0 Å². The maximum atomic E-state index is 13.7. The molecule has 0 spiro atoms. The number of hydrogen-bond donors (Lipinski definition) is 2. The van der Waals surface area contributed by atoms with E-state index in [9.17, 15) is 27.5 Å². The van der Waals surface area contributed by atoms with Gasteiger partial charge in [0.15, 0.2) is 11.6 Å². The molecule has 2 aromatic carbocycles. The molecule has 0 unspecified atom stereocenters. The highest BCUT2D eigenvalue weighted by atomic mass is 19.4. The summed E-state index contributed by atoms with van der Waals surface area (Å²) < 4.78 is 58.3.